The second kappa shape index (κ2) is 4.73. The van der Waals surface area contributed by atoms with Crippen LogP contribution in [0.3, 0.4) is 0 Å². The lowest BCUT2D eigenvalue weighted by atomic mass is 10.1. The Hall–Kier alpha value is -1.58. The molecular weight excluding hydrogens is 216 g/mol. The number of nitrogens with one attached hydrogen (secondary N) is 1. The third kappa shape index (κ3) is 2.75. The Morgan fingerprint density at radius 1 is 1.47 bits per heavy atom. The van der Waals surface area contributed by atoms with Crippen molar-refractivity contribution in [2.45, 2.75) is 39.2 Å². The van der Waals surface area contributed by atoms with Crippen LogP contribution in [0.15, 0.2) is 12.1 Å². The fraction of sp³-hybridized carbons (Fsp3) is 0.538. The Balaban J connectivity index is 2.17. The van der Waals surface area contributed by atoms with E-state index >= 15 is 0 Å². The molecule has 0 aromatic carbocycles. The number of pyridine rings is 1. The first-order valence-corrected chi connectivity index (χ1v) is 6.05. The van der Waals surface area contributed by atoms with Gasteiger partial charge in [0.25, 0.3) is 0 Å². The Bertz CT molecular complexity index is 431. The van der Waals surface area contributed by atoms with E-state index in [9.17, 15) is 4.79 Å². The standard InChI is InChI=1S/C13H18N2O2/c1-8-4-3-5-11(8)15-12-7-10(13(16)17)6-9(2)14-12/h6-8,11H,3-5H2,1-2H3,(H,14,15)(H,16,17). The summed E-state index contributed by atoms with van der Waals surface area (Å²) in [6, 6.07) is 3.62. The highest BCUT2D eigenvalue weighted by atomic mass is 16.4. The van der Waals surface area contributed by atoms with E-state index in [1.54, 1.807) is 12.1 Å². The molecule has 2 rings (SSSR count). The zero-order valence-electron chi connectivity index (χ0n) is 10.2. The third-order valence-corrected chi connectivity index (χ3v) is 3.40. The molecule has 1 saturated carbocycles. The summed E-state index contributed by atoms with van der Waals surface area (Å²) in [5.74, 6) is 0.407. The van der Waals surface area contributed by atoms with Crippen molar-refractivity contribution in [1.82, 2.24) is 4.98 Å². The summed E-state index contributed by atoms with van der Waals surface area (Å²) >= 11 is 0. The second-order valence-electron chi connectivity index (χ2n) is 4.85. The molecule has 1 heterocycles. The first kappa shape index (κ1) is 11.9. The van der Waals surface area contributed by atoms with E-state index in [0.29, 0.717) is 23.3 Å². The molecule has 0 spiro atoms. The van der Waals surface area contributed by atoms with E-state index in [1.807, 2.05) is 6.92 Å². The van der Waals surface area contributed by atoms with Crippen LogP contribution in [0.5, 0.6) is 0 Å². The highest BCUT2D eigenvalue weighted by Crippen LogP contribution is 2.27. The molecule has 1 aromatic rings. The number of carboxylic acids is 1. The predicted octanol–water partition coefficient (Wildman–Crippen LogP) is 2.69. The number of nitrogens with zero attached hydrogens (tertiary/aromatic N) is 1. The van der Waals surface area contributed by atoms with Crippen LogP contribution in [0.25, 0.3) is 0 Å². The van der Waals surface area contributed by atoms with Crippen LogP contribution < -0.4 is 5.32 Å². The number of carbonyl (C=O) groups is 1. The van der Waals surface area contributed by atoms with Crippen LogP contribution >= 0.6 is 0 Å². The summed E-state index contributed by atoms with van der Waals surface area (Å²) < 4.78 is 0. The van der Waals surface area contributed by atoms with Crippen molar-refractivity contribution in [2.24, 2.45) is 5.92 Å². The second-order valence-corrected chi connectivity index (χ2v) is 4.85. The van der Waals surface area contributed by atoms with Gasteiger partial charge in [-0.15, -0.1) is 0 Å². The maximum Gasteiger partial charge on any atom is 0.335 e. The molecule has 0 bridgehead atoms. The molecule has 2 N–H and O–H groups in total. The van der Waals surface area contributed by atoms with Crippen LogP contribution in [-0.2, 0) is 0 Å². The minimum atomic E-state index is -0.905. The van der Waals surface area contributed by atoms with Crippen molar-refractivity contribution in [2.75, 3.05) is 5.32 Å². The van der Waals surface area contributed by atoms with Gasteiger partial charge in [-0.3, -0.25) is 0 Å². The fourth-order valence-electron chi connectivity index (χ4n) is 2.42. The molecule has 17 heavy (non-hydrogen) atoms. The van der Waals surface area contributed by atoms with Crippen LogP contribution in [0.1, 0.15) is 42.2 Å². The van der Waals surface area contributed by atoms with Gasteiger partial charge >= 0.3 is 5.97 Å². The molecule has 1 aliphatic rings. The van der Waals surface area contributed by atoms with Crippen molar-refractivity contribution in [3.05, 3.63) is 23.4 Å². The van der Waals surface area contributed by atoms with Crippen molar-refractivity contribution in [1.29, 1.82) is 0 Å². The molecule has 92 valence electrons. The molecule has 0 radical (unpaired) electrons. The monoisotopic (exact) mass is 234 g/mol. The molecule has 1 aliphatic carbocycles. The number of aromatic carboxylic acids is 1. The van der Waals surface area contributed by atoms with E-state index in [1.165, 1.54) is 12.8 Å². The summed E-state index contributed by atoms with van der Waals surface area (Å²) in [6.45, 7) is 4.04. The number of aryl methyl sites for hydroxylation is 1. The van der Waals surface area contributed by atoms with E-state index in [0.717, 1.165) is 12.1 Å². The molecule has 0 aliphatic heterocycles. The van der Waals surface area contributed by atoms with Gasteiger partial charge < -0.3 is 10.4 Å². The average Bonchev–Trinajstić information content (AvgIpc) is 2.63. The minimum Gasteiger partial charge on any atom is -0.478 e. The molecule has 0 amide bonds. The van der Waals surface area contributed by atoms with Gasteiger partial charge in [-0.2, -0.15) is 0 Å². The molecule has 1 aromatic heterocycles. The molecule has 2 unspecified atom stereocenters. The van der Waals surface area contributed by atoms with Crippen LogP contribution in [0.4, 0.5) is 5.82 Å². The number of aromatic nitrogens is 1. The first-order valence-electron chi connectivity index (χ1n) is 6.05. The van der Waals surface area contributed by atoms with Gasteiger partial charge in [-0.25, -0.2) is 9.78 Å². The largest absolute Gasteiger partial charge is 0.478 e. The lowest BCUT2D eigenvalue weighted by Gasteiger charge is -2.18. The fourth-order valence-corrected chi connectivity index (χ4v) is 2.42. The maximum atomic E-state index is 11.0. The van der Waals surface area contributed by atoms with Gasteiger partial charge in [0.15, 0.2) is 0 Å². The Morgan fingerprint density at radius 3 is 2.82 bits per heavy atom. The zero-order valence-corrected chi connectivity index (χ0v) is 10.2. The number of rotatable bonds is 3. The van der Waals surface area contributed by atoms with E-state index in [4.69, 9.17) is 5.11 Å². The lowest BCUT2D eigenvalue weighted by Crippen LogP contribution is -2.22. The van der Waals surface area contributed by atoms with Crippen molar-refractivity contribution in [3.8, 4) is 0 Å². The Kier molecular flexibility index (Phi) is 3.31. The smallest absolute Gasteiger partial charge is 0.335 e. The van der Waals surface area contributed by atoms with Crippen LogP contribution in [-0.4, -0.2) is 22.1 Å². The van der Waals surface area contributed by atoms with Crippen LogP contribution in [0.2, 0.25) is 0 Å². The topological polar surface area (TPSA) is 62.2 Å². The normalized spacial score (nSPS) is 23.6. The van der Waals surface area contributed by atoms with Crippen molar-refractivity contribution in [3.63, 3.8) is 0 Å². The zero-order chi connectivity index (χ0) is 12.4. The van der Waals surface area contributed by atoms with Crippen molar-refractivity contribution < 1.29 is 9.90 Å². The summed E-state index contributed by atoms with van der Waals surface area (Å²) in [5.41, 5.74) is 1.03. The number of hydrogen-bond acceptors (Lipinski definition) is 3. The molecule has 4 heteroatoms. The molecule has 2 atom stereocenters. The maximum absolute atomic E-state index is 11.0. The highest BCUT2D eigenvalue weighted by molar-refractivity contribution is 5.88. The molecule has 4 nitrogen and oxygen atoms in total. The lowest BCUT2D eigenvalue weighted by molar-refractivity contribution is 0.0696. The van der Waals surface area contributed by atoms with E-state index < -0.39 is 5.97 Å². The average molecular weight is 234 g/mol. The SMILES string of the molecule is Cc1cc(C(=O)O)cc(NC2CCCC2C)n1. The number of hydrogen-bond donors (Lipinski definition) is 2. The predicted molar refractivity (Wildman–Crippen MR) is 66.4 cm³/mol. The van der Waals surface area contributed by atoms with Gasteiger partial charge in [-0.1, -0.05) is 13.3 Å². The van der Waals surface area contributed by atoms with E-state index in [2.05, 4.69) is 17.2 Å². The Morgan fingerprint density at radius 2 is 2.24 bits per heavy atom. The van der Waals surface area contributed by atoms with Gasteiger partial charge in [0.1, 0.15) is 5.82 Å². The first-order chi connectivity index (χ1) is 8.06. The quantitative estimate of drug-likeness (QED) is 0.844. The molecular formula is C13H18N2O2. The van der Waals surface area contributed by atoms with Gasteiger partial charge in [0.2, 0.25) is 0 Å². The summed E-state index contributed by atoms with van der Waals surface area (Å²) in [7, 11) is 0. The molecule has 1 fully saturated rings. The van der Waals surface area contributed by atoms with Gasteiger partial charge in [0.05, 0.1) is 5.56 Å². The minimum absolute atomic E-state index is 0.297. The van der Waals surface area contributed by atoms with Crippen molar-refractivity contribution >= 4 is 11.8 Å². The summed E-state index contributed by atoms with van der Waals surface area (Å²) in [5, 5.41) is 12.3. The molecule has 0 saturated heterocycles. The van der Waals surface area contributed by atoms with E-state index in [-0.39, 0.29) is 0 Å². The summed E-state index contributed by atoms with van der Waals surface area (Å²) in [4.78, 5) is 15.3. The summed E-state index contributed by atoms with van der Waals surface area (Å²) in [6.07, 6.45) is 3.60. The number of carboxylic acid groups (broad SMARTS) is 1. The number of anilines is 1. The van der Waals surface area contributed by atoms with Gasteiger partial charge in [0, 0.05) is 11.7 Å². The third-order valence-electron chi connectivity index (χ3n) is 3.40. The van der Waals surface area contributed by atoms with Crippen LogP contribution in [0, 0.1) is 12.8 Å². The van der Waals surface area contributed by atoms with Gasteiger partial charge in [-0.05, 0) is 37.8 Å². The highest BCUT2D eigenvalue weighted by Gasteiger charge is 2.23. The Labute approximate surface area is 101 Å².